The molecular formula is C19H24N6O2. The molecular weight excluding hydrogens is 344 g/mol. The number of rotatable bonds is 5. The van der Waals surface area contributed by atoms with Crippen LogP contribution in [0, 0.1) is 0 Å². The second-order valence-corrected chi connectivity index (χ2v) is 7.14. The van der Waals surface area contributed by atoms with Crippen LogP contribution in [0.3, 0.4) is 0 Å². The number of nitrogens with two attached hydrogens (primary N) is 1. The number of benzene rings is 1. The molecule has 1 saturated carbocycles. The zero-order chi connectivity index (χ0) is 18.8. The Balaban J connectivity index is 1.39. The van der Waals surface area contributed by atoms with Gasteiger partial charge in [0.05, 0.1) is 12.1 Å². The Hall–Kier alpha value is -2.87. The molecule has 0 unspecified atom stereocenters. The maximum absolute atomic E-state index is 12.3. The van der Waals surface area contributed by atoms with E-state index in [1.165, 1.54) is 0 Å². The molecule has 142 valence electrons. The number of anilines is 3. The van der Waals surface area contributed by atoms with Gasteiger partial charge in [0.15, 0.2) is 0 Å². The number of amides is 1. The van der Waals surface area contributed by atoms with E-state index in [2.05, 4.69) is 20.6 Å². The van der Waals surface area contributed by atoms with Crippen LogP contribution < -0.4 is 21.3 Å². The van der Waals surface area contributed by atoms with Gasteiger partial charge in [-0.2, -0.15) is 9.97 Å². The number of hydrogen-bond acceptors (Lipinski definition) is 7. The van der Waals surface area contributed by atoms with Gasteiger partial charge in [0.2, 0.25) is 5.95 Å². The highest BCUT2D eigenvalue weighted by Gasteiger charge is 2.30. The van der Waals surface area contributed by atoms with Crippen molar-refractivity contribution < 1.29 is 9.90 Å². The summed E-state index contributed by atoms with van der Waals surface area (Å²) in [6.07, 6.45) is 2.21. The molecule has 1 aromatic heterocycles. The van der Waals surface area contributed by atoms with Gasteiger partial charge in [-0.25, -0.2) is 0 Å². The smallest absolute Gasteiger partial charge is 0.251 e. The molecule has 1 aliphatic carbocycles. The summed E-state index contributed by atoms with van der Waals surface area (Å²) in [6.45, 7) is 1.04. The highest BCUT2D eigenvalue weighted by atomic mass is 16.3. The van der Waals surface area contributed by atoms with E-state index in [4.69, 9.17) is 5.73 Å². The van der Waals surface area contributed by atoms with E-state index in [-0.39, 0.29) is 17.9 Å². The molecule has 5 N–H and O–H groups in total. The summed E-state index contributed by atoms with van der Waals surface area (Å²) < 4.78 is 0. The molecule has 8 heteroatoms. The third-order valence-electron chi connectivity index (χ3n) is 4.92. The summed E-state index contributed by atoms with van der Waals surface area (Å²) in [4.78, 5) is 22.8. The predicted molar refractivity (Wildman–Crippen MR) is 104 cm³/mol. The normalized spacial score (nSPS) is 22.3. The molecule has 27 heavy (non-hydrogen) atoms. The summed E-state index contributed by atoms with van der Waals surface area (Å²) in [5.74, 6) is 1.45. The molecule has 1 aromatic carbocycles. The fourth-order valence-electron chi connectivity index (χ4n) is 3.27. The van der Waals surface area contributed by atoms with Gasteiger partial charge in [0.1, 0.15) is 11.6 Å². The fourth-order valence-corrected chi connectivity index (χ4v) is 3.27. The molecule has 2 aromatic rings. The van der Waals surface area contributed by atoms with E-state index in [1.54, 1.807) is 12.1 Å². The van der Waals surface area contributed by atoms with E-state index in [1.807, 2.05) is 29.2 Å². The molecule has 1 amide bonds. The highest BCUT2D eigenvalue weighted by Crippen LogP contribution is 2.27. The van der Waals surface area contributed by atoms with Crippen molar-refractivity contribution in [2.24, 2.45) is 0 Å². The van der Waals surface area contributed by atoms with Crippen molar-refractivity contribution in [2.75, 3.05) is 29.0 Å². The van der Waals surface area contributed by atoms with E-state index in [0.717, 1.165) is 12.8 Å². The number of carbonyl (C=O) groups is 1. The van der Waals surface area contributed by atoms with Gasteiger partial charge in [-0.15, -0.1) is 0 Å². The first-order valence-electron chi connectivity index (χ1n) is 9.28. The van der Waals surface area contributed by atoms with Crippen LogP contribution in [-0.2, 0) is 0 Å². The third kappa shape index (κ3) is 4.28. The number of aromatic nitrogens is 2. The van der Waals surface area contributed by atoms with E-state index in [9.17, 15) is 9.90 Å². The number of nitrogens with zero attached hydrogens (tertiary/aromatic N) is 3. The lowest BCUT2D eigenvalue weighted by molar-refractivity contribution is 0.0797. The first-order valence-corrected chi connectivity index (χ1v) is 9.28. The Kier molecular flexibility index (Phi) is 4.81. The number of piperidine rings is 1. The quantitative estimate of drug-likeness (QED) is 0.622. The van der Waals surface area contributed by atoms with Crippen molar-refractivity contribution in [3.05, 3.63) is 42.0 Å². The van der Waals surface area contributed by atoms with Gasteiger partial charge in [0.25, 0.3) is 5.91 Å². The Morgan fingerprint density at radius 2 is 1.96 bits per heavy atom. The predicted octanol–water partition coefficient (Wildman–Crippen LogP) is 1.00. The van der Waals surface area contributed by atoms with E-state index in [0.29, 0.717) is 42.8 Å². The van der Waals surface area contributed by atoms with Crippen LogP contribution in [0.15, 0.2) is 36.4 Å². The molecule has 0 bridgehead atoms. The minimum atomic E-state index is -0.692. The standard InChI is InChI=1S/C19H24N6O2/c20-19-23-16(21-13-6-7-13)10-17(24-19)25-9-8-14(15(26)11-25)22-18(27)12-4-2-1-3-5-12/h1-5,10,13-15,26H,6-9,11H2,(H,22,27)(H3,20,21,23,24)/t14-,15-/m1/s1. The molecule has 1 aliphatic heterocycles. The third-order valence-corrected chi connectivity index (χ3v) is 4.92. The van der Waals surface area contributed by atoms with E-state index >= 15 is 0 Å². The van der Waals surface area contributed by atoms with Crippen molar-refractivity contribution in [3.8, 4) is 0 Å². The van der Waals surface area contributed by atoms with Crippen molar-refractivity contribution in [2.45, 2.75) is 37.5 Å². The zero-order valence-electron chi connectivity index (χ0n) is 15.0. The number of carbonyl (C=O) groups excluding carboxylic acids is 1. The maximum atomic E-state index is 12.3. The Morgan fingerprint density at radius 3 is 2.67 bits per heavy atom. The average molecular weight is 368 g/mol. The number of hydrogen-bond donors (Lipinski definition) is 4. The van der Waals surface area contributed by atoms with Crippen LogP contribution in [0.5, 0.6) is 0 Å². The van der Waals surface area contributed by atoms with Crippen molar-refractivity contribution >= 4 is 23.5 Å². The van der Waals surface area contributed by atoms with Crippen LogP contribution >= 0.6 is 0 Å². The first kappa shape index (κ1) is 17.5. The maximum Gasteiger partial charge on any atom is 0.251 e. The van der Waals surface area contributed by atoms with Crippen molar-refractivity contribution in [1.29, 1.82) is 0 Å². The Bertz CT molecular complexity index is 811. The van der Waals surface area contributed by atoms with Crippen LogP contribution in [0.2, 0.25) is 0 Å². The average Bonchev–Trinajstić information content (AvgIpc) is 3.47. The molecule has 2 heterocycles. The van der Waals surface area contributed by atoms with Gasteiger partial charge in [0, 0.05) is 30.8 Å². The number of aliphatic hydroxyl groups excluding tert-OH is 1. The van der Waals surface area contributed by atoms with Gasteiger partial charge < -0.3 is 26.4 Å². The number of β-amino-alcohol motifs (C(OH)–C–C–N with tert-alkyl or cyclic N) is 1. The van der Waals surface area contributed by atoms with Crippen molar-refractivity contribution in [3.63, 3.8) is 0 Å². The summed E-state index contributed by atoms with van der Waals surface area (Å²) in [7, 11) is 0. The minimum absolute atomic E-state index is 0.171. The zero-order valence-corrected chi connectivity index (χ0v) is 15.0. The van der Waals surface area contributed by atoms with Crippen LogP contribution in [0.1, 0.15) is 29.6 Å². The monoisotopic (exact) mass is 368 g/mol. The Morgan fingerprint density at radius 1 is 1.19 bits per heavy atom. The topological polar surface area (TPSA) is 116 Å². The summed E-state index contributed by atoms with van der Waals surface area (Å²) in [6, 6.07) is 11.1. The SMILES string of the molecule is Nc1nc(NC2CC2)cc(N2CC[C@@H](NC(=O)c3ccccc3)[C@H](O)C2)n1. The first-order chi connectivity index (χ1) is 13.1. The molecule has 2 aliphatic rings. The van der Waals surface area contributed by atoms with Gasteiger partial charge in [-0.1, -0.05) is 18.2 Å². The second kappa shape index (κ2) is 7.40. The largest absolute Gasteiger partial charge is 0.389 e. The molecule has 2 fully saturated rings. The molecule has 8 nitrogen and oxygen atoms in total. The summed E-state index contributed by atoms with van der Waals surface area (Å²) in [5, 5.41) is 16.8. The van der Waals surface area contributed by atoms with Crippen molar-refractivity contribution in [1.82, 2.24) is 15.3 Å². The molecule has 4 rings (SSSR count). The lowest BCUT2D eigenvalue weighted by Crippen LogP contribution is -2.54. The van der Waals surface area contributed by atoms with Crippen LogP contribution in [0.4, 0.5) is 17.6 Å². The summed E-state index contributed by atoms with van der Waals surface area (Å²) in [5.41, 5.74) is 6.44. The lowest BCUT2D eigenvalue weighted by Gasteiger charge is -2.37. The second-order valence-electron chi connectivity index (χ2n) is 7.14. The highest BCUT2D eigenvalue weighted by molar-refractivity contribution is 5.94. The minimum Gasteiger partial charge on any atom is -0.389 e. The summed E-state index contributed by atoms with van der Waals surface area (Å²) >= 11 is 0. The van der Waals surface area contributed by atoms with Crippen LogP contribution in [-0.4, -0.2) is 52.3 Å². The van der Waals surface area contributed by atoms with Gasteiger partial charge in [-0.3, -0.25) is 4.79 Å². The number of aliphatic hydroxyl groups is 1. The molecule has 0 spiro atoms. The van der Waals surface area contributed by atoms with Gasteiger partial charge >= 0.3 is 0 Å². The van der Waals surface area contributed by atoms with E-state index < -0.39 is 6.10 Å². The Labute approximate surface area is 157 Å². The van der Waals surface area contributed by atoms with Gasteiger partial charge in [-0.05, 0) is 31.4 Å². The molecule has 0 radical (unpaired) electrons. The lowest BCUT2D eigenvalue weighted by atomic mass is 10.0. The number of nitrogen functional groups attached to an aromatic ring is 1. The number of nitrogens with one attached hydrogen (secondary N) is 2. The fraction of sp³-hybridized carbons (Fsp3) is 0.421. The van der Waals surface area contributed by atoms with Crippen LogP contribution in [0.25, 0.3) is 0 Å². The molecule has 1 saturated heterocycles. The molecule has 2 atom stereocenters.